The van der Waals surface area contributed by atoms with Crippen LogP contribution in [0.5, 0.6) is 0 Å². The molecule has 1 rings (SSSR count). The van der Waals surface area contributed by atoms with Gasteiger partial charge in [0.15, 0.2) is 0 Å². The van der Waals surface area contributed by atoms with Crippen LogP contribution in [0.2, 0.25) is 0 Å². The molecule has 0 radical (unpaired) electrons. The van der Waals surface area contributed by atoms with Gasteiger partial charge in [-0.15, -0.1) is 6.58 Å². The van der Waals surface area contributed by atoms with Gasteiger partial charge in [-0.05, 0) is 31.6 Å². The van der Waals surface area contributed by atoms with Gasteiger partial charge in [0.25, 0.3) is 0 Å². The van der Waals surface area contributed by atoms with Crippen molar-refractivity contribution in [3.8, 4) is 0 Å². The highest BCUT2D eigenvalue weighted by Crippen LogP contribution is 2.26. The SMILES string of the molecule is C=CCNC1CCC(CC)CC1. The Kier molecular flexibility index (Phi) is 4.37. The van der Waals surface area contributed by atoms with Crippen LogP contribution in [0.25, 0.3) is 0 Å². The van der Waals surface area contributed by atoms with Crippen LogP contribution in [0, 0.1) is 5.92 Å². The monoisotopic (exact) mass is 167 g/mol. The van der Waals surface area contributed by atoms with Gasteiger partial charge in [-0.2, -0.15) is 0 Å². The van der Waals surface area contributed by atoms with Crippen molar-refractivity contribution in [1.29, 1.82) is 0 Å². The molecule has 1 fully saturated rings. The molecule has 70 valence electrons. The Morgan fingerprint density at radius 1 is 1.33 bits per heavy atom. The molecule has 0 saturated heterocycles. The molecule has 0 aromatic rings. The zero-order valence-corrected chi connectivity index (χ0v) is 8.18. The standard InChI is InChI=1S/C11H21N/c1-3-9-12-11-7-5-10(4-2)6-8-11/h3,10-12H,1,4-9H2,2H3. The smallest absolute Gasteiger partial charge is 0.0134 e. The molecule has 1 saturated carbocycles. The largest absolute Gasteiger partial charge is 0.311 e. The van der Waals surface area contributed by atoms with E-state index in [0.29, 0.717) is 0 Å². The lowest BCUT2D eigenvalue weighted by atomic mass is 9.84. The van der Waals surface area contributed by atoms with Gasteiger partial charge in [-0.3, -0.25) is 0 Å². The molecule has 0 bridgehead atoms. The molecule has 0 aromatic carbocycles. The Morgan fingerprint density at radius 3 is 2.50 bits per heavy atom. The molecule has 0 aromatic heterocycles. The number of nitrogens with one attached hydrogen (secondary N) is 1. The molecule has 1 aliphatic rings. The van der Waals surface area contributed by atoms with Crippen LogP contribution in [0.4, 0.5) is 0 Å². The summed E-state index contributed by atoms with van der Waals surface area (Å²) in [7, 11) is 0. The highest BCUT2D eigenvalue weighted by molar-refractivity contribution is 4.79. The highest BCUT2D eigenvalue weighted by atomic mass is 14.9. The second-order valence-electron chi connectivity index (χ2n) is 3.82. The first-order valence-electron chi connectivity index (χ1n) is 5.21. The summed E-state index contributed by atoms with van der Waals surface area (Å²) in [6, 6.07) is 0.769. The maximum absolute atomic E-state index is 3.71. The van der Waals surface area contributed by atoms with Crippen molar-refractivity contribution in [2.24, 2.45) is 5.92 Å². The van der Waals surface area contributed by atoms with E-state index in [1.165, 1.54) is 32.1 Å². The first-order chi connectivity index (χ1) is 5.86. The van der Waals surface area contributed by atoms with Crippen LogP contribution in [-0.2, 0) is 0 Å². The third kappa shape index (κ3) is 2.98. The summed E-state index contributed by atoms with van der Waals surface area (Å²) in [5.74, 6) is 1.01. The van der Waals surface area contributed by atoms with Crippen molar-refractivity contribution in [1.82, 2.24) is 5.32 Å². The quantitative estimate of drug-likeness (QED) is 0.635. The van der Waals surface area contributed by atoms with E-state index < -0.39 is 0 Å². The average Bonchev–Trinajstić information content (AvgIpc) is 2.15. The fraction of sp³-hybridized carbons (Fsp3) is 0.818. The van der Waals surface area contributed by atoms with E-state index in [1.54, 1.807) is 0 Å². The van der Waals surface area contributed by atoms with Crippen molar-refractivity contribution in [2.45, 2.75) is 45.1 Å². The second kappa shape index (κ2) is 5.36. The molecule has 1 nitrogen and oxygen atoms in total. The predicted molar refractivity (Wildman–Crippen MR) is 54.2 cm³/mol. The van der Waals surface area contributed by atoms with E-state index in [0.717, 1.165) is 18.5 Å². The van der Waals surface area contributed by atoms with Crippen molar-refractivity contribution in [3.05, 3.63) is 12.7 Å². The van der Waals surface area contributed by atoms with Crippen molar-refractivity contribution >= 4 is 0 Å². The second-order valence-corrected chi connectivity index (χ2v) is 3.82. The van der Waals surface area contributed by atoms with Crippen LogP contribution >= 0.6 is 0 Å². The first-order valence-corrected chi connectivity index (χ1v) is 5.21. The van der Waals surface area contributed by atoms with Gasteiger partial charge < -0.3 is 5.32 Å². The Morgan fingerprint density at radius 2 is 2.00 bits per heavy atom. The predicted octanol–water partition coefficient (Wildman–Crippen LogP) is 2.73. The first kappa shape index (κ1) is 9.79. The fourth-order valence-corrected chi connectivity index (χ4v) is 2.02. The summed E-state index contributed by atoms with van der Waals surface area (Å²) in [5.41, 5.74) is 0. The molecule has 1 heteroatoms. The molecule has 12 heavy (non-hydrogen) atoms. The molecule has 0 spiro atoms. The van der Waals surface area contributed by atoms with Crippen molar-refractivity contribution in [3.63, 3.8) is 0 Å². The van der Waals surface area contributed by atoms with E-state index in [2.05, 4.69) is 18.8 Å². The molecule has 0 unspecified atom stereocenters. The lowest BCUT2D eigenvalue weighted by molar-refractivity contribution is 0.291. The lowest BCUT2D eigenvalue weighted by Gasteiger charge is -2.28. The lowest BCUT2D eigenvalue weighted by Crippen LogP contribution is -2.33. The molecular formula is C11H21N. The summed E-state index contributed by atoms with van der Waals surface area (Å²) in [4.78, 5) is 0. The zero-order valence-electron chi connectivity index (χ0n) is 8.18. The van der Waals surface area contributed by atoms with Gasteiger partial charge in [0.2, 0.25) is 0 Å². The van der Waals surface area contributed by atoms with E-state index in [9.17, 15) is 0 Å². The molecule has 0 atom stereocenters. The van der Waals surface area contributed by atoms with Crippen LogP contribution in [0.3, 0.4) is 0 Å². The Hall–Kier alpha value is -0.300. The van der Waals surface area contributed by atoms with Gasteiger partial charge in [-0.25, -0.2) is 0 Å². The number of hydrogen-bond donors (Lipinski definition) is 1. The topological polar surface area (TPSA) is 12.0 Å². The fourth-order valence-electron chi connectivity index (χ4n) is 2.02. The van der Waals surface area contributed by atoms with Crippen LogP contribution < -0.4 is 5.32 Å². The molecule has 1 N–H and O–H groups in total. The summed E-state index contributed by atoms with van der Waals surface area (Å²) in [6.45, 7) is 7.00. The van der Waals surface area contributed by atoms with Gasteiger partial charge in [-0.1, -0.05) is 19.4 Å². The van der Waals surface area contributed by atoms with E-state index in [-0.39, 0.29) is 0 Å². The van der Waals surface area contributed by atoms with Gasteiger partial charge >= 0.3 is 0 Å². The number of rotatable bonds is 4. The van der Waals surface area contributed by atoms with E-state index >= 15 is 0 Å². The molecule has 1 aliphatic carbocycles. The maximum Gasteiger partial charge on any atom is 0.0134 e. The average molecular weight is 167 g/mol. The minimum Gasteiger partial charge on any atom is -0.311 e. The van der Waals surface area contributed by atoms with Crippen LogP contribution in [0.1, 0.15) is 39.0 Å². The normalized spacial score (nSPS) is 30.1. The van der Waals surface area contributed by atoms with Gasteiger partial charge in [0, 0.05) is 12.6 Å². The van der Waals surface area contributed by atoms with Crippen molar-refractivity contribution in [2.75, 3.05) is 6.54 Å². The number of hydrogen-bond acceptors (Lipinski definition) is 1. The summed E-state index contributed by atoms with van der Waals surface area (Å²) >= 11 is 0. The Bertz CT molecular complexity index is 123. The van der Waals surface area contributed by atoms with E-state index in [4.69, 9.17) is 0 Å². The Balaban J connectivity index is 2.12. The third-order valence-corrected chi connectivity index (χ3v) is 2.97. The van der Waals surface area contributed by atoms with Gasteiger partial charge in [0.1, 0.15) is 0 Å². The Labute approximate surface area is 76.2 Å². The molecule has 0 aliphatic heterocycles. The summed E-state index contributed by atoms with van der Waals surface area (Å²) < 4.78 is 0. The maximum atomic E-state index is 3.71. The summed E-state index contributed by atoms with van der Waals surface area (Å²) in [6.07, 6.45) is 8.90. The highest BCUT2D eigenvalue weighted by Gasteiger charge is 2.18. The minimum atomic E-state index is 0.769. The van der Waals surface area contributed by atoms with Crippen LogP contribution in [-0.4, -0.2) is 12.6 Å². The van der Waals surface area contributed by atoms with Gasteiger partial charge in [0.05, 0.1) is 0 Å². The minimum absolute atomic E-state index is 0.769. The molecular weight excluding hydrogens is 146 g/mol. The van der Waals surface area contributed by atoms with Crippen LogP contribution in [0.15, 0.2) is 12.7 Å². The summed E-state index contributed by atoms with van der Waals surface area (Å²) in [5, 5.41) is 3.50. The van der Waals surface area contributed by atoms with E-state index in [1.807, 2.05) is 6.08 Å². The molecule has 0 heterocycles. The van der Waals surface area contributed by atoms with Crippen molar-refractivity contribution < 1.29 is 0 Å². The molecule has 0 amide bonds. The third-order valence-electron chi connectivity index (χ3n) is 2.97. The zero-order chi connectivity index (χ0) is 8.81.